The molecule has 0 radical (unpaired) electrons. The van der Waals surface area contributed by atoms with Gasteiger partial charge in [-0.2, -0.15) is 0 Å². The standard InChI is InChI=1S/C60H34S2/c1-4-15-42-39(12-1)40-13-2-5-16-43(40)51-34-53-49-30-35(36-25-28-58-54(31-36)45-18-7-9-22-56(45)61-58)24-27-48(49)60-38(37-26-29-59-55(32-37)46-19-8-10-23-57(46)62-59)20-11-21-47(60)41-14-3-6-17-44(41)52(53)33-50(42)51/h1-34H. The molecule has 0 saturated carbocycles. The van der Waals surface area contributed by atoms with Gasteiger partial charge >= 0.3 is 0 Å². The van der Waals surface area contributed by atoms with Crippen molar-refractivity contribution in [2.24, 2.45) is 0 Å². The maximum atomic E-state index is 2.52. The third-order valence-electron chi connectivity index (χ3n) is 13.4. The van der Waals surface area contributed by atoms with E-state index >= 15 is 0 Å². The van der Waals surface area contributed by atoms with E-state index in [0.29, 0.717) is 0 Å². The van der Waals surface area contributed by atoms with Crippen molar-refractivity contribution in [1.29, 1.82) is 0 Å². The molecule has 11 aromatic carbocycles. The molecule has 1 aliphatic rings. The molecule has 0 unspecified atom stereocenters. The van der Waals surface area contributed by atoms with Crippen molar-refractivity contribution in [2.45, 2.75) is 0 Å². The van der Waals surface area contributed by atoms with E-state index in [0.717, 1.165) is 0 Å². The largest absolute Gasteiger partial charge is 0.135 e. The van der Waals surface area contributed by atoms with Gasteiger partial charge in [0, 0.05) is 40.3 Å². The van der Waals surface area contributed by atoms with Crippen LogP contribution < -0.4 is 0 Å². The van der Waals surface area contributed by atoms with Crippen LogP contribution in [0.2, 0.25) is 0 Å². The summed E-state index contributed by atoms with van der Waals surface area (Å²) in [5, 5.41) is 13.0. The third-order valence-corrected chi connectivity index (χ3v) is 15.7. The Labute approximate surface area is 366 Å². The Morgan fingerprint density at radius 3 is 1.23 bits per heavy atom. The first-order valence-corrected chi connectivity index (χ1v) is 22.9. The van der Waals surface area contributed by atoms with Crippen LogP contribution in [0.15, 0.2) is 206 Å². The summed E-state index contributed by atoms with van der Waals surface area (Å²) in [5.41, 5.74) is 15.0. The van der Waals surface area contributed by atoms with Gasteiger partial charge in [-0.05, 0) is 154 Å². The quantitative estimate of drug-likeness (QED) is 0.152. The maximum absolute atomic E-state index is 2.52. The second kappa shape index (κ2) is 13.1. The van der Waals surface area contributed by atoms with Gasteiger partial charge in [-0.15, -0.1) is 22.7 Å². The molecule has 2 heteroatoms. The zero-order chi connectivity index (χ0) is 40.5. The predicted octanol–water partition coefficient (Wildman–Crippen LogP) is 18.2. The topological polar surface area (TPSA) is 0 Å². The molecule has 0 aliphatic heterocycles. The molecule has 2 aromatic heterocycles. The molecule has 0 fully saturated rings. The number of rotatable bonds is 2. The number of hydrogen-bond donors (Lipinski definition) is 0. The fourth-order valence-electron chi connectivity index (χ4n) is 10.6. The van der Waals surface area contributed by atoms with Gasteiger partial charge in [-0.1, -0.05) is 152 Å². The van der Waals surface area contributed by atoms with Crippen LogP contribution in [0.1, 0.15) is 0 Å². The second-order valence-corrected chi connectivity index (χ2v) is 18.9. The van der Waals surface area contributed by atoms with Crippen LogP contribution in [0.4, 0.5) is 0 Å². The minimum absolute atomic E-state index is 1.22. The fraction of sp³-hybridized carbons (Fsp3) is 0. The molecule has 0 N–H and O–H groups in total. The zero-order valence-corrected chi connectivity index (χ0v) is 35.1. The van der Waals surface area contributed by atoms with Gasteiger partial charge in [0.1, 0.15) is 0 Å². The smallest absolute Gasteiger partial charge is 0.0355 e. The van der Waals surface area contributed by atoms with E-state index < -0.39 is 0 Å². The molecule has 286 valence electrons. The van der Waals surface area contributed by atoms with Gasteiger partial charge in [0.2, 0.25) is 0 Å². The van der Waals surface area contributed by atoms with Crippen LogP contribution in [0.3, 0.4) is 0 Å². The van der Waals surface area contributed by atoms with Crippen LogP contribution in [-0.4, -0.2) is 0 Å². The number of benzene rings is 11. The van der Waals surface area contributed by atoms with E-state index in [-0.39, 0.29) is 0 Å². The molecule has 0 atom stereocenters. The Balaban J connectivity index is 1.11. The minimum atomic E-state index is 1.22. The van der Waals surface area contributed by atoms with Gasteiger partial charge in [-0.25, -0.2) is 0 Å². The maximum Gasteiger partial charge on any atom is 0.0355 e. The monoisotopic (exact) mass is 818 g/mol. The summed E-state index contributed by atoms with van der Waals surface area (Å²) in [7, 11) is 0. The van der Waals surface area contributed by atoms with Gasteiger partial charge in [0.25, 0.3) is 0 Å². The first-order chi connectivity index (χ1) is 30.7. The molecule has 13 aromatic rings. The lowest BCUT2D eigenvalue weighted by Crippen LogP contribution is -2.00. The molecule has 0 amide bonds. The van der Waals surface area contributed by atoms with Gasteiger partial charge < -0.3 is 0 Å². The third kappa shape index (κ3) is 4.94. The van der Waals surface area contributed by atoms with Crippen molar-refractivity contribution in [3.8, 4) is 66.8 Å². The molecule has 1 aliphatic carbocycles. The second-order valence-electron chi connectivity index (χ2n) is 16.7. The Morgan fingerprint density at radius 1 is 0.194 bits per heavy atom. The first-order valence-electron chi connectivity index (χ1n) is 21.3. The van der Waals surface area contributed by atoms with Crippen molar-refractivity contribution < 1.29 is 0 Å². The van der Waals surface area contributed by atoms with Gasteiger partial charge in [0.05, 0.1) is 0 Å². The summed E-state index contributed by atoms with van der Waals surface area (Å²) in [5.74, 6) is 0. The Kier molecular flexibility index (Phi) is 7.24. The lowest BCUT2D eigenvalue weighted by Gasteiger charge is -2.26. The number of fused-ring (bicyclic) bond motifs is 20. The Morgan fingerprint density at radius 2 is 0.597 bits per heavy atom. The van der Waals surface area contributed by atoms with Crippen LogP contribution in [0, 0.1) is 0 Å². The summed E-state index contributed by atoms with van der Waals surface area (Å²) in [4.78, 5) is 0. The summed E-state index contributed by atoms with van der Waals surface area (Å²) < 4.78 is 5.30. The highest BCUT2D eigenvalue weighted by Gasteiger charge is 2.26. The average Bonchev–Trinajstić information content (AvgIpc) is 3.91. The van der Waals surface area contributed by atoms with Crippen LogP contribution in [-0.2, 0) is 0 Å². The van der Waals surface area contributed by atoms with E-state index in [2.05, 4.69) is 206 Å². The highest BCUT2D eigenvalue weighted by atomic mass is 32.1. The molecular formula is C60H34S2. The van der Waals surface area contributed by atoms with E-state index in [4.69, 9.17) is 0 Å². The number of thiophene rings is 2. The van der Waals surface area contributed by atoms with Crippen molar-refractivity contribution in [1.82, 2.24) is 0 Å². The lowest BCUT2D eigenvalue weighted by atomic mass is 9.76. The molecule has 14 rings (SSSR count). The molecule has 2 heterocycles. The predicted molar refractivity (Wildman–Crippen MR) is 271 cm³/mol. The minimum Gasteiger partial charge on any atom is -0.135 e. The highest BCUT2D eigenvalue weighted by molar-refractivity contribution is 7.26. The average molecular weight is 819 g/mol. The van der Waals surface area contributed by atoms with Crippen molar-refractivity contribution in [2.75, 3.05) is 0 Å². The molecule has 0 nitrogen and oxygen atoms in total. The van der Waals surface area contributed by atoms with E-state index in [9.17, 15) is 0 Å². The fourth-order valence-corrected chi connectivity index (χ4v) is 12.8. The summed E-state index contributed by atoms with van der Waals surface area (Å²) in [6.07, 6.45) is 0. The van der Waals surface area contributed by atoms with E-state index in [1.54, 1.807) is 0 Å². The molecular weight excluding hydrogens is 785 g/mol. The first kappa shape index (κ1) is 34.4. The summed E-state index contributed by atoms with van der Waals surface area (Å²) in [6, 6.07) is 78.0. The lowest BCUT2D eigenvalue weighted by molar-refractivity contribution is 1.52. The van der Waals surface area contributed by atoms with Gasteiger partial charge in [0.15, 0.2) is 0 Å². The molecule has 0 bridgehead atoms. The molecule has 0 saturated heterocycles. The van der Waals surface area contributed by atoms with Crippen molar-refractivity contribution in [3.63, 3.8) is 0 Å². The van der Waals surface area contributed by atoms with Crippen molar-refractivity contribution in [3.05, 3.63) is 206 Å². The van der Waals surface area contributed by atoms with Gasteiger partial charge in [-0.3, -0.25) is 0 Å². The van der Waals surface area contributed by atoms with Crippen LogP contribution in [0.25, 0.3) is 139 Å². The molecule has 0 spiro atoms. The Bertz CT molecular complexity index is 4050. The zero-order valence-electron chi connectivity index (χ0n) is 33.4. The number of hydrogen-bond acceptors (Lipinski definition) is 2. The molecule has 62 heavy (non-hydrogen) atoms. The highest BCUT2D eigenvalue weighted by Crippen LogP contribution is 2.53. The van der Waals surface area contributed by atoms with E-state index in [1.807, 2.05) is 22.7 Å². The van der Waals surface area contributed by atoms with Crippen LogP contribution >= 0.6 is 22.7 Å². The summed E-state index contributed by atoms with van der Waals surface area (Å²) in [6.45, 7) is 0. The normalized spacial score (nSPS) is 12.2. The van der Waals surface area contributed by atoms with Crippen LogP contribution in [0.5, 0.6) is 0 Å². The Hall–Kier alpha value is -7.36. The van der Waals surface area contributed by atoms with E-state index in [1.165, 1.54) is 139 Å². The van der Waals surface area contributed by atoms with Crippen molar-refractivity contribution >= 4 is 95.3 Å². The summed E-state index contributed by atoms with van der Waals surface area (Å²) >= 11 is 3.75. The SMILES string of the molecule is c1ccc2c(c1)-c1cc3c4ccccc4c4ccccc4c3cc1-c1cc(-c3ccc4sc5ccccc5c4c3)ccc1-c1c(-c3ccc4sc5ccccc5c4c3)cccc1-2.